The number of carbonyl (C=O) groups is 2. The Morgan fingerprint density at radius 1 is 1.00 bits per heavy atom. The Bertz CT molecular complexity index is 898. The number of nitrogens with one attached hydrogen (secondary N) is 1. The Morgan fingerprint density at radius 3 is 2.19 bits per heavy atom. The van der Waals surface area contributed by atoms with Crippen LogP contribution in [0.15, 0.2) is 42.5 Å². The molecule has 2 rings (SSSR count). The van der Waals surface area contributed by atoms with Crippen LogP contribution >= 0.6 is 23.2 Å². The van der Waals surface area contributed by atoms with Gasteiger partial charge in [0.1, 0.15) is 11.8 Å². The van der Waals surface area contributed by atoms with Crippen LogP contribution in [0.2, 0.25) is 10.0 Å². The number of hydrogen-bond donors (Lipinski definition) is 1. The van der Waals surface area contributed by atoms with Crippen LogP contribution in [0, 0.1) is 0 Å². The number of halogens is 2. The second-order valence-corrected chi connectivity index (χ2v) is 8.95. The Labute approximate surface area is 194 Å². The lowest BCUT2D eigenvalue weighted by atomic mass is 10.0. The van der Waals surface area contributed by atoms with Gasteiger partial charge >= 0.3 is 0 Å². The van der Waals surface area contributed by atoms with Crippen molar-refractivity contribution in [2.75, 3.05) is 6.61 Å². The van der Waals surface area contributed by atoms with Gasteiger partial charge < -0.3 is 15.0 Å². The zero-order chi connectivity index (χ0) is 23.1. The molecule has 31 heavy (non-hydrogen) atoms. The van der Waals surface area contributed by atoms with E-state index < -0.39 is 6.04 Å². The highest BCUT2D eigenvalue weighted by Crippen LogP contribution is 2.24. The summed E-state index contributed by atoms with van der Waals surface area (Å²) in [5.74, 6) is 0.456. The van der Waals surface area contributed by atoms with E-state index in [-0.39, 0.29) is 31.0 Å². The lowest BCUT2D eigenvalue weighted by Gasteiger charge is -2.29. The van der Waals surface area contributed by atoms with E-state index in [1.54, 1.807) is 25.1 Å². The first-order chi connectivity index (χ1) is 14.6. The molecule has 0 saturated carbocycles. The molecule has 2 aromatic carbocycles. The van der Waals surface area contributed by atoms with Gasteiger partial charge in [-0.05, 0) is 62.1 Å². The van der Waals surface area contributed by atoms with Gasteiger partial charge in [0.2, 0.25) is 5.91 Å². The normalized spacial score (nSPS) is 12.0. The van der Waals surface area contributed by atoms with E-state index in [2.05, 4.69) is 19.2 Å². The van der Waals surface area contributed by atoms with Gasteiger partial charge in [-0.2, -0.15) is 0 Å². The Kier molecular flexibility index (Phi) is 9.20. The molecule has 0 aliphatic rings. The largest absolute Gasteiger partial charge is 0.484 e. The van der Waals surface area contributed by atoms with Crippen molar-refractivity contribution < 1.29 is 14.3 Å². The van der Waals surface area contributed by atoms with Crippen molar-refractivity contribution >= 4 is 35.0 Å². The van der Waals surface area contributed by atoms with Crippen LogP contribution in [-0.4, -0.2) is 35.4 Å². The van der Waals surface area contributed by atoms with Crippen LogP contribution in [0.1, 0.15) is 51.7 Å². The van der Waals surface area contributed by atoms with Crippen LogP contribution in [0.5, 0.6) is 5.75 Å². The topological polar surface area (TPSA) is 58.6 Å². The van der Waals surface area contributed by atoms with Crippen LogP contribution in [0.25, 0.3) is 0 Å². The molecule has 0 fully saturated rings. The summed E-state index contributed by atoms with van der Waals surface area (Å²) in [7, 11) is 0. The minimum Gasteiger partial charge on any atom is -0.484 e. The Hall–Kier alpha value is -2.24. The predicted octanol–water partition coefficient (Wildman–Crippen LogP) is 5.44. The fourth-order valence-electron chi connectivity index (χ4n) is 3.00. The second kappa shape index (κ2) is 11.4. The highest BCUT2D eigenvalue weighted by molar-refractivity contribution is 6.35. The molecule has 7 heteroatoms. The molecule has 0 spiro atoms. The molecular weight excluding hydrogens is 435 g/mol. The number of amides is 2. The lowest BCUT2D eigenvalue weighted by Crippen LogP contribution is -2.50. The average molecular weight is 465 g/mol. The maximum absolute atomic E-state index is 13.1. The van der Waals surface area contributed by atoms with E-state index in [4.69, 9.17) is 27.9 Å². The Morgan fingerprint density at radius 2 is 1.65 bits per heavy atom. The highest BCUT2D eigenvalue weighted by Gasteiger charge is 2.27. The first kappa shape index (κ1) is 25.0. The summed E-state index contributed by atoms with van der Waals surface area (Å²) in [5.41, 5.74) is 1.89. The van der Waals surface area contributed by atoms with Crippen molar-refractivity contribution in [2.45, 2.75) is 59.2 Å². The second-order valence-electron chi connectivity index (χ2n) is 8.11. The van der Waals surface area contributed by atoms with Gasteiger partial charge in [0.05, 0.1) is 0 Å². The van der Waals surface area contributed by atoms with Crippen molar-refractivity contribution in [2.24, 2.45) is 0 Å². The minimum absolute atomic E-state index is 0.0401. The van der Waals surface area contributed by atoms with Crippen molar-refractivity contribution in [3.05, 3.63) is 63.6 Å². The number of hydrogen-bond acceptors (Lipinski definition) is 3. The molecule has 0 radical (unpaired) electrons. The summed E-state index contributed by atoms with van der Waals surface area (Å²) >= 11 is 12.3. The van der Waals surface area contributed by atoms with E-state index in [9.17, 15) is 9.59 Å². The average Bonchev–Trinajstić information content (AvgIpc) is 2.70. The number of ether oxygens (including phenoxy) is 1. The van der Waals surface area contributed by atoms with E-state index in [1.165, 1.54) is 10.5 Å². The van der Waals surface area contributed by atoms with E-state index in [0.717, 1.165) is 0 Å². The molecule has 0 aliphatic heterocycles. The number of nitrogens with zero attached hydrogens (tertiary/aromatic N) is 1. The van der Waals surface area contributed by atoms with Gasteiger partial charge in [0.15, 0.2) is 6.61 Å². The summed E-state index contributed by atoms with van der Waals surface area (Å²) in [6.07, 6.45) is 0. The third-order valence-corrected chi connectivity index (χ3v) is 5.45. The number of benzene rings is 2. The smallest absolute Gasteiger partial charge is 0.261 e. The standard InChI is InChI=1S/C24H30Cl2N2O3/c1-15(2)18-7-10-21(11-8-18)31-14-23(29)28(17(5)24(30)27-16(3)4)13-19-6-9-20(25)12-22(19)26/h6-12,15-17H,13-14H2,1-5H3,(H,27,30). The molecule has 1 N–H and O–H groups in total. The van der Waals surface area contributed by atoms with E-state index in [1.807, 2.05) is 38.1 Å². The van der Waals surface area contributed by atoms with Crippen molar-refractivity contribution in [3.63, 3.8) is 0 Å². The van der Waals surface area contributed by atoms with Crippen LogP contribution < -0.4 is 10.1 Å². The van der Waals surface area contributed by atoms with E-state index in [0.29, 0.717) is 27.3 Å². The molecule has 0 bridgehead atoms. The van der Waals surface area contributed by atoms with Gasteiger partial charge in [-0.15, -0.1) is 0 Å². The van der Waals surface area contributed by atoms with Gasteiger partial charge in [0.25, 0.3) is 5.91 Å². The summed E-state index contributed by atoms with van der Waals surface area (Å²) in [6, 6.07) is 12.0. The fourth-order valence-corrected chi connectivity index (χ4v) is 3.47. The molecule has 2 amide bonds. The summed E-state index contributed by atoms with van der Waals surface area (Å²) in [6.45, 7) is 9.64. The fraction of sp³-hybridized carbons (Fsp3) is 0.417. The maximum Gasteiger partial charge on any atom is 0.261 e. The third kappa shape index (κ3) is 7.44. The highest BCUT2D eigenvalue weighted by atomic mass is 35.5. The molecule has 168 valence electrons. The SMILES string of the molecule is CC(C)NC(=O)C(C)N(Cc1ccc(Cl)cc1Cl)C(=O)COc1ccc(C(C)C)cc1. The number of carbonyl (C=O) groups excluding carboxylic acids is 2. The summed E-state index contributed by atoms with van der Waals surface area (Å²) < 4.78 is 5.70. The van der Waals surface area contributed by atoms with Gasteiger partial charge in [-0.1, -0.05) is 55.2 Å². The zero-order valence-corrected chi connectivity index (χ0v) is 20.1. The maximum atomic E-state index is 13.1. The predicted molar refractivity (Wildman–Crippen MR) is 126 cm³/mol. The molecular formula is C24H30Cl2N2O3. The molecule has 5 nitrogen and oxygen atoms in total. The Balaban J connectivity index is 2.17. The monoisotopic (exact) mass is 464 g/mol. The molecule has 2 aromatic rings. The molecule has 0 heterocycles. The number of rotatable bonds is 9. The van der Waals surface area contributed by atoms with Crippen LogP contribution in [0.3, 0.4) is 0 Å². The first-order valence-corrected chi connectivity index (χ1v) is 11.1. The third-order valence-electron chi connectivity index (χ3n) is 4.86. The lowest BCUT2D eigenvalue weighted by molar-refractivity contribution is -0.142. The molecule has 1 unspecified atom stereocenters. The van der Waals surface area contributed by atoms with Crippen molar-refractivity contribution in [1.82, 2.24) is 10.2 Å². The molecule has 0 aliphatic carbocycles. The molecule has 0 saturated heterocycles. The van der Waals surface area contributed by atoms with Gasteiger partial charge in [0, 0.05) is 22.6 Å². The quantitative estimate of drug-likeness (QED) is 0.537. The van der Waals surface area contributed by atoms with Crippen molar-refractivity contribution in [3.8, 4) is 5.75 Å². The van der Waals surface area contributed by atoms with Gasteiger partial charge in [-0.25, -0.2) is 0 Å². The van der Waals surface area contributed by atoms with Crippen molar-refractivity contribution in [1.29, 1.82) is 0 Å². The summed E-state index contributed by atoms with van der Waals surface area (Å²) in [4.78, 5) is 27.1. The molecule has 1 atom stereocenters. The van der Waals surface area contributed by atoms with Gasteiger partial charge in [-0.3, -0.25) is 9.59 Å². The first-order valence-electron chi connectivity index (χ1n) is 10.3. The van der Waals surface area contributed by atoms with Crippen LogP contribution in [-0.2, 0) is 16.1 Å². The molecule has 0 aromatic heterocycles. The zero-order valence-electron chi connectivity index (χ0n) is 18.6. The minimum atomic E-state index is -0.700. The van der Waals surface area contributed by atoms with Crippen LogP contribution in [0.4, 0.5) is 0 Å². The summed E-state index contributed by atoms with van der Waals surface area (Å²) in [5, 5.41) is 3.79. The van der Waals surface area contributed by atoms with E-state index >= 15 is 0 Å².